The number of aliphatic carboxylic acids is 1. The van der Waals surface area contributed by atoms with Gasteiger partial charge in [0, 0.05) is 6.54 Å². The number of benzene rings is 1. The summed E-state index contributed by atoms with van der Waals surface area (Å²) < 4.78 is 5.11. The number of alkyl halides is 1. The van der Waals surface area contributed by atoms with Gasteiger partial charge in [-0.1, -0.05) is 30.3 Å². The van der Waals surface area contributed by atoms with Gasteiger partial charge in [0.25, 0.3) is 0 Å². The molecule has 1 N–H and O–H groups in total. The molecule has 19 heavy (non-hydrogen) atoms. The lowest BCUT2D eigenvalue weighted by Crippen LogP contribution is -2.40. The Labute approximate surface area is 115 Å². The SMILES string of the molecule is O=C(O)[C@@H]1C[C@H](Cl)CN1C(=O)OCc1ccccc1. The molecule has 1 aliphatic rings. The molecular formula is C13H14ClNO4. The number of halogens is 1. The number of hydrogen-bond donors (Lipinski definition) is 1. The Morgan fingerprint density at radius 3 is 2.68 bits per heavy atom. The monoisotopic (exact) mass is 283 g/mol. The second-order valence-electron chi connectivity index (χ2n) is 4.38. The van der Waals surface area contributed by atoms with Crippen molar-refractivity contribution < 1.29 is 19.4 Å². The van der Waals surface area contributed by atoms with E-state index in [0.717, 1.165) is 5.56 Å². The van der Waals surface area contributed by atoms with Gasteiger partial charge in [0.15, 0.2) is 0 Å². The van der Waals surface area contributed by atoms with E-state index < -0.39 is 18.1 Å². The topological polar surface area (TPSA) is 66.8 Å². The van der Waals surface area contributed by atoms with E-state index in [1.807, 2.05) is 30.3 Å². The van der Waals surface area contributed by atoms with Gasteiger partial charge in [-0.15, -0.1) is 11.6 Å². The van der Waals surface area contributed by atoms with Gasteiger partial charge in [-0.05, 0) is 12.0 Å². The average Bonchev–Trinajstić information content (AvgIpc) is 2.79. The molecule has 0 aliphatic carbocycles. The second-order valence-corrected chi connectivity index (χ2v) is 5.00. The van der Waals surface area contributed by atoms with Gasteiger partial charge in [-0.3, -0.25) is 4.90 Å². The molecule has 0 saturated carbocycles. The van der Waals surface area contributed by atoms with E-state index in [1.165, 1.54) is 4.90 Å². The minimum absolute atomic E-state index is 0.121. The Balaban J connectivity index is 1.94. The molecule has 1 aliphatic heterocycles. The zero-order valence-electron chi connectivity index (χ0n) is 10.2. The molecule has 0 bridgehead atoms. The van der Waals surface area contributed by atoms with E-state index in [1.54, 1.807) is 0 Å². The molecule has 0 unspecified atom stereocenters. The van der Waals surface area contributed by atoms with Crippen LogP contribution >= 0.6 is 11.6 Å². The lowest BCUT2D eigenvalue weighted by molar-refractivity contribution is -0.141. The first-order valence-corrected chi connectivity index (χ1v) is 6.35. The fourth-order valence-corrected chi connectivity index (χ4v) is 2.34. The van der Waals surface area contributed by atoms with Crippen LogP contribution in [0.25, 0.3) is 0 Å². The van der Waals surface area contributed by atoms with Crippen LogP contribution in [0.2, 0.25) is 0 Å². The van der Waals surface area contributed by atoms with Crippen LogP contribution < -0.4 is 0 Å². The first-order chi connectivity index (χ1) is 9.08. The molecule has 1 aromatic rings. The van der Waals surface area contributed by atoms with Crippen molar-refractivity contribution in [1.29, 1.82) is 0 Å². The van der Waals surface area contributed by atoms with Crippen molar-refractivity contribution in [1.82, 2.24) is 4.90 Å². The predicted molar refractivity (Wildman–Crippen MR) is 69.0 cm³/mol. The number of carboxylic acid groups (broad SMARTS) is 1. The maximum absolute atomic E-state index is 11.9. The molecule has 5 nitrogen and oxygen atoms in total. The quantitative estimate of drug-likeness (QED) is 0.863. The van der Waals surface area contributed by atoms with Gasteiger partial charge < -0.3 is 9.84 Å². The lowest BCUT2D eigenvalue weighted by Gasteiger charge is -2.20. The summed E-state index contributed by atoms with van der Waals surface area (Å²) in [6.07, 6.45) is -0.392. The summed E-state index contributed by atoms with van der Waals surface area (Å²) in [4.78, 5) is 24.1. The van der Waals surface area contributed by atoms with Crippen molar-refractivity contribution in [3.63, 3.8) is 0 Å². The minimum Gasteiger partial charge on any atom is -0.480 e. The summed E-state index contributed by atoms with van der Waals surface area (Å²) in [5, 5.41) is 8.69. The summed E-state index contributed by atoms with van der Waals surface area (Å²) in [5.41, 5.74) is 0.851. The smallest absolute Gasteiger partial charge is 0.410 e. The first kappa shape index (κ1) is 13.7. The summed E-state index contributed by atoms with van der Waals surface area (Å²) in [5.74, 6) is -1.06. The number of nitrogens with zero attached hydrogens (tertiary/aromatic N) is 1. The van der Waals surface area contributed by atoms with E-state index >= 15 is 0 Å². The fraction of sp³-hybridized carbons (Fsp3) is 0.385. The fourth-order valence-electron chi connectivity index (χ4n) is 2.02. The molecule has 0 radical (unpaired) electrons. The molecule has 2 atom stereocenters. The third kappa shape index (κ3) is 3.38. The average molecular weight is 284 g/mol. The lowest BCUT2D eigenvalue weighted by atomic mass is 10.2. The summed E-state index contributed by atoms with van der Waals surface area (Å²) in [7, 11) is 0. The van der Waals surface area contributed by atoms with Gasteiger partial charge in [0.2, 0.25) is 0 Å². The van der Waals surface area contributed by atoms with Crippen LogP contribution in [0, 0.1) is 0 Å². The first-order valence-electron chi connectivity index (χ1n) is 5.92. The summed E-state index contributed by atoms with van der Waals surface area (Å²) in [6.45, 7) is 0.321. The highest BCUT2D eigenvalue weighted by Crippen LogP contribution is 2.23. The molecule has 0 aromatic heterocycles. The maximum Gasteiger partial charge on any atom is 0.410 e. The van der Waals surface area contributed by atoms with Crippen LogP contribution in [0.15, 0.2) is 30.3 Å². The van der Waals surface area contributed by atoms with Crippen molar-refractivity contribution >= 4 is 23.7 Å². The molecule has 1 aromatic carbocycles. The van der Waals surface area contributed by atoms with Crippen LogP contribution in [-0.2, 0) is 16.1 Å². The molecule has 2 rings (SSSR count). The number of amides is 1. The Bertz CT molecular complexity index is 465. The normalized spacial score (nSPS) is 22.3. The number of ether oxygens (including phenoxy) is 1. The molecular weight excluding hydrogens is 270 g/mol. The van der Waals surface area contributed by atoms with E-state index in [-0.39, 0.29) is 24.9 Å². The second kappa shape index (κ2) is 5.93. The molecule has 1 fully saturated rings. The van der Waals surface area contributed by atoms with Gasteiger partial charge in [0.05, 0.1) is 5.38 Å². The van der Waals surface area contributed by atoms with Crippen LogP contribution in [0.4, 0.5) is 4.79 Å². The van der Waals surface area contributed by atoms with Crippen LogP contribution in [0.1, 0.15) is 12.0 Å². The molecule has 1 amide bonds. The number of carbonyl (C=O) groups excluding carboxylic acids is 1. The highest BCUT2D eigenvalue weighted by Gasteiger charge is 2.39. The van der Waals surface area contributed by atoms with E-state index in [0.29, 0.717) is 0 Å². The molecule has 1 heterocycles. The van der Waals surface area contributed by atoms with Crippen LogP contribution in [0.3, 0.4) is 0 Å². The van der Waals surface area contributed by atoms with Crippen molar-refractivity contribution in [2.75, 3.05) is 6.54 Å². The molecule has 1 saturated heterocycles. The zero-order valence-corrected chi connectivity index (χ0v) is 10.9. The van der Waals surface area contributed by atoms with Crippen LogP contribution in [0.5, 0.6) is 0 Å². The minimum atomic E-state index is -1.06. The van der Waals surface area contributed by atoms with Gasteiger partial charge in [0.1, 0.15) is 12.6 Å². The standard InChI is InChI=1S/C13H14ClNO4/c14-10-6-11(12(16)17)15(7-10)13(18)19-8-9-4-2-1-3-5-9/h1-5,10-11H,6-8H2,(H,16,17)/t10-,11-/m0/s1. The number of carbonyl (C=O) groups is 2. The number of rotatable bonds is 3. The van der Waals surface area contributed by atoms with Crippen molar-refractivity contribution in [3.8, 4) is 0 Å². The van der Waals surface area contributed by atoms with Crippen LogP contribution in [-0.4, -0.2) is 40.0 Å². The Morgan fingerprint density at radius 1 is 1.37 bits per heavy atom. The summed E-state index contributed by atoms with van der Waals surface area (Å²) >= 11 is 5.89. The molecule has 0 spiro atoms. The zero-order chi connectivity index (χ0) is 13.8. The summed E-state index contributed by atoms with van der Waals surface area (Å²) in [6, 6.07) is 8.31. The van der Waals surface area contributed by atoms with Crippen molar-refractivity contribution in [2.45, 2.75) is 24.4 Å². The highest BCUT2D eigenvalue weighted by atomic mass is 35.5. The van der Waals surface area contributed by atoms with E-state index in [2.05, 4.69) is 0 Å². The van der Waals surface area contributed by atoms with Crippen molar-refractivity contribution in [2.24, 2.45) is 0 Å². The third-order valence-electron chi connectivity index (χ3n) is 2.97. The Morgan fingerprint density at radius 2 is 2.05 bits per heavy atom. The van der Waals surface area contributed by atoms with Gasteiger partial charge >= 0.3 is 12.1 Å². The third-order valence-corrected chi connectivity index (χ3v) is 3.29. The largest absolute Gasteiger partial charge is 0.480 e. The van der Waals surface area contributed by atoms with Crippen molar-refractivity contribution in [3.05, 3.63) is 35.9 Å². The van der Waals surface area contributed by atoms with E-state index in [9.17, 15) is 9.59 Å². The van der Waals surface area contributed by atoms with Gasteiger partial charge in [-0.2, -0.15) is 0 Å². The highest BCUT2D eigenvalue weighted by molar-refractivity contribution is 6.21. The van der Waals surface area contributed by atoms with Gasteiger partial charge in [-0.25, -0.2) is 9.59 Å². The number of likely N-dealkylation sites (tertiary alicyclic amines) is 1. The Hall–Kier alpha value is -1.75. The number of hydrogen-bond acceptors (Lipinski definition) is 3. The molecule has 102 valence electrons. The van der Waals surface area contributed by atoms with E-state index in [4.69, 9.17) is 21.4 Å². The maximum atomic E-state index is 11.9. The Kier molecular flexibility index (Phi) is 4.27. The predicted octanol–water partition coefficient (Wildman–Crippen LogP) is 2.09. The number of carboxylic acids is 1. The molecule has 6 heteroatoms.